The molecule has 2 amide bonds. The van der Waals surface area contributed by atoms with Gasteiger partial charge in [0, 0.05) is 6.20 Å². The van der Waals surface area contributed by atoms with Crippen molar-refractivity contribution in [3.05, 3.63) is 72.1 Å². The molecule has 0 aliphatic carbocycles. The first-order valence-electron chi connectivity index (χ1n) is 8.13. The topological polar surface area (TPSA) is 134 Å². The number of hydrogen-bond acceptors (Lipinski definition) is 5. The Labute approximate surface area is 153 Å². The Morgan fingerprint density at radius 1 is 1.07 bits per heavy atom. The first-order valence-corrected chi connectivity index (χ1v) is 8.13. The van der Waals surface area contributed by atoms with Crippen LogP contribution in [0.4, 0.5) is 5.95 Å². The van der Waals surface area contributed by atoms with Crippen molar-refractivity contribution in [2.45, 2.75) is 6.54 Å². The van der Waals surface area contributed by atoms with Gasteiger partial charge in [0.1, 0.15) is 5.69 Å². The molecular weight excluding hydrogens is 346 g/mol. The van der Waals surface area contributed by atoms with E-state index in [2.05, 4.69) is 24.9 Å². The van der Waals surface area contributed by atoms with Crippen molar-refractivity contribution in [3.63, 3.8) is 0 Å². The van der Waals surface area contributed by atoms with Crippen LogP contribution in [-0.2, 0) is 6.54 Å². The summed E-state index contributed by atoms with van der Waals surface area (Å²) in [5.74, 6) is -0.954. The maximum absolute atomic E-state index is 13.2. The number of benzene rings is 1. The molecule has 0 aliphatic rings. The Morgan fingerprint density at radius 3 is 2.63 bits per heavy atom. The molecule has 3 aromatic heterocycles. The average Bonchev–Trinajstić information content (AvgIpc) is 3.33. The quantitative estimate of drug-likeness (QED) is 0.497. The Kier molecular flexibility index (Phi) is 4.09. The summed E-state index contributed by atoms with van der Waals surface area (Å²) < 4.78 is 0. The van der Waals surface area contributed by atoms with Crippen LogP contribution >= 0.6 is 0 Å². The van der Waals surface area contributed by atoms with Crippen LogP contribution in [0, 0.1) is 0 Å². The van der Waals surface area contributed by atoms with E-state index < -0.39 is 11.8 Å². The number of nitrogens with zero attached hydrogens (tertiary/aromatic N) is 4. The van der Waals surface area contributed by atoms with Crippen molar-refractivity contribution in [1.29, 1.82) is 0 Å². The minimum atomic E-state index is -0.790. The summed E-state index contributed by atoms with van der Waals surface area (Å²) in [6, 6.07) is 12.8. The van der Waals surface area contributed by atoms with Crippen LogP contribution in [0.15, 0.2) is 55.0 Å². The van der Waals surface area contributed by atoms with Gasteiger partial charge in [-0.2, -0.15) is 0 Å². The normalized spacial score (nSPS) is 10.8. The molecule has 0 atom stereocenters. The minimum Gasteiger partial charge on any atom is -0.364 e. The number of pyridine rings is 1. The predicted octanol–water partition coefficient (Wildman–Crippen LogP) is 1.63. The van der Waals surface area contributed by atoms with Gasteiger partial charge in [-0.3, -0.25) is 19.5 Å². The third-order valence-electron chi connectivity index (χ3n) is 4.01. The van der Waals surface area contributed by atoms with Crippen LogP contribution in [0.2, 0.25) is 0 Å². The van der Waals surface area contributed by atoms with Crippen LogP contribution in [-0.4, -0.2) is 36.7 Å². The minimum absolute atomic E-state index is 0.00103. The number of fused-ring (bicyclic) bond motifs is 1. The molecule has 134 valence electrons. The highest BCUT2D eigenvalue weighted by Crippen LogP contribution is 2.21. The lowest BCUT2D eigenvalue weighted by molar-refractivity contribution is 0.0953. The summed E-state index contributed by atoms with van der Waals surface area (Å²) in [5, 5.41) is 0. The number of H-pyrrole nitrogens is 2. The third kappa shape index (κ3) is 3.13. The molecule has 9 nitrogen and oxygen atoms in total. The zero-order valence-corrected chi connectivity index (χ0v) is 14.1. The van der Waals surface area contributed by atoms with Gasteiger partial charge in [-0.15, -0.1) is 0 Å². The van der Waals surface area contributed by atoms with E-state index in [-0.39, 0.29) is 17.9 Å². The Balaban J connectivity index is 1.78. The number of hydrogen-bond donors (Lipinski definition) is 3. The van der Waals surface area contributed by atoms with E-state index in [1.807, 2.05) is 30.3 Å². The molecule has 0 aliphatic heterocycles. The van der Waals surface area contributed by atoms with Gasteiger partial charge in [0.05, 0.1) is 29.6 Å². The second-order valence-corrected chi connectivity index (χ2v) is 5.78. The van der Waals surface area contributed by atoms with E-state index in [0.29, 0.717) is 17.2 Å². The molecule has 4 aromatic rings. The molecule has 27 heavy (non-hydrogen) atoms. The summed E-state index contributed by atoms with van der Waals surface area (Å²) in [7, 11) is 0. The molecule has 0 spiro atoms. The predicted molar refractivity (Wildman–Crippen MR) is 97.9 cm³/mol. The van der Waals surface area contributed by atoms with Crippen LogP contribution in [0.3, 0.4) is 0 Å². The fourth-order valence-corrected chi connectivity index (χ4v) is 2.74. The molecule has 4 rings (SSSR count). The molecule has 0 saturated carbocycles. The molecule has 0 bridgehead atoms. The standard InChI is InChI=1S/C18H15N7O2/c19-16(26)14-15(22-10-21-14)17(27)25(9-11-5-3-4-8-20-11)18-23-12-6-1-2-7-13(12)24-18/h1-8,10H,9H2,(H2,19,26)(H,21,22)(H,23,24). The molecule has 0 fully saturated rings. The summed E-state index contributed by atoms with van der Waals surface area (Å²) in [4.78, 5) is 44.5. The molecule has 1 aromatic carbocycles. The number of para-hydroxylation sites is 2. The SMILES string of the molecule is NC(=O)c1nc[nH]c1C(=O)N(Cc1ccccn1)c1nc2ccccc2[nH]1. The molecular formula is C18H15N7O2. The summed E-state index contributed by atoms with van der Waals surface area (Å²) >= 11 is 0. The second kappa shape index (κ2) is 6.71. The van der Waals surface area contributed by atoms with Gasteiger partial charge in [0.2, 0.25) is 5.95 Å². The first-order chi connectivity index (χ1) is 13.1. The van der Waals surface area contributed by atoms with Crippen molar-refractivity contribution < 1.29 is 9.59 Å². The number of rotatable bonds is 5. The zero-order chi connectivity index (χ0) is 18.8. The van der Waals surface area contributed by atoms with Gasteiger partial charge in [-0.1, -0.05) is 18.2 Å². The first kappa shape index (κ1) is 16.5. The smallest absolute Gasteiger partial charge is 0.279 e. The Morgan fingerprint density at radius 2 is 1.89 bits per heavy atom. The van der Waals surface area contributed by atoms with E-state index in [0.717, 1.165) is 5.52 Å². The van der Waals surface area contributed by atoms with Crippen LogP contribution in [0.1, 0.15) is 26.7 Å². The average molecular weight is 361 g/mol. The molecule has 9 heteroatoms. The van der Waals surface area contributed by atoms with Crippen LogP contribution < -0.4 is 10.6 Å². The fraction of sp³-hybridized carbons (Fsp3) is 0.0556. The van der Waals surface area contributed by atoms with E-state index in [9.17, 15) is 9.59 Å². The molecule has 0 unspecified atom stereocenters. The van der Waals surface area contributed by atoms with E-state index in [4.69, 9.17) is 5.73 Å². The lowest BCUT2D eigenvalue weighted by atomic mass is 10.2. The van der Waals surface area contributed by atoms with Crippen LogP contribution in [0.5, 0.6) is 0 Å². The third-order valence-corrected chi connectivity index (χ3v) is 4.01. The second-order valence-electron chi connectivity index (χ2n) is 5.78. The Bertz CT molecular complexity index is 1080. The van der Waals surface area contributed by atoms with E-state index in [1.54, 1.807) is 18.3 Å². The van der Waals surface area contributed by atoms with Crippen molar-refractivity contribution in [2.24, 2.45) is 5.73 Å². The summed E-state index contributed by atoms with van der Waals surface area (Å²) in [6.45, 7) is 0.150. The highest BCUT2D eigenvalue weighted by Gasteiger charge is 2.27. The van der Waals surface area contributed by atoms with E-state index >= 15 is 0 Å². The number of amides is 2. The van der Waals surface area contributed by atoms with Crippen molar-refractivity contribution in [2.75, 3.05) is 4.90 Å². The fourth-order valence-electron chi connectivity index (χ4n) is 2.74. The Hall–Kier alpha value is -4.01. The molecule has 4 N–H and O–H groups in total. The number of carbonyl (C=O) groups is 2. The number of anilines is 1. The summed E-state index contributed by atoms with van der Waals surface area (Å²) in [5.41, 5.74) is 7.35. The number of nitrogens with one attached hydrogen (secondary N) is 2. The zero-order valence-electron chi connectivity index (χ0n) is 14.1. The highest BCUT2D eigenvalue weighted by molar-refractivity contribution is 6.10. The number of primary amides is 1. The van der Waals surface area contributed by atoms with Crippen molar-refractivity contribution >= 4 is 28.8 Å². The van der Waals surface area contributed by atoms with Gasteiger partial charge in [0.15, 0.2) is 5.69 Å². The van der Waals surface area contributed by atoms with Crippen molar-refractivity contribution in [3.8, 4) is 0 Å². The highest BCUT2D eigenvalue weighted by atomic mass is 16.2. The molecule has 0 saturated heterocycles. The van der Waals surface area contributed by atoms with Crippen LogP contribution in [0.25, 0.3) is 11.0 Å². The number of nitrogens with two attached hydrogens (primary N) is 1. The maximum Gasteiger partial charge on any atom is 0.279 e. The lowest BCUT2D eigenvalue weighted by Gasteiger charge is -2.19. The number of imidazole rings is 2. The lowest BCUT2D eigenvalue weighted by Crippen LogP contribution is -2.33. The largest absolute Gasteiger partial charge is 0.364 e. The van der Waals surface area contributed by atoms with Crippen molar-refractivity contribution in [1.82, 2.24) is 24.9 Å². The summed E-state index contributed by atoms with van der Waals surface area (Å²) in [6.07, 6.45) is 2.90. The van der Waals surface area contributed by atoms with E-state index in [1.165, 1.54) is 11.2 Å². The monoisotopic (exact) mass is 361 g/mol. The maximum atomic E-state index is 13.2. The van der Waals surface area contributed by atoms with Gasteiger partial charge < -0.3 is 15.7 Å². The van der Waals surface area contributed by atoms with Gasteiger partial charge in [-0.25, -0.2) is 9.97 Å². The number of aromatic nitrogens is 5. The van der Waals surface area contributed by atoms with Gasteiger partial charge in [0.25, 0.3) is 11.8 Å². The van der Waals surface area contributed by atoms with Gasteiger partial charge >= 0.3 is 0 Å². The molecule has 0 radical (unpaired) electrons. The van der Waals surface area contributed by atoms with Gasteiger partial charge in [-0.05, 0) is 24.3 Å². The number of aromatic amines is 2. The molecule has 3 heterocycles. The number of carbonyl (C=O) groups excluding carboxylic acids is 2.